The Labute approximate surface area is 126 Å². The predicted octanol–water partition coefficient (Wildman–Crippen LogP) is 3.96. The topological polar surface area (TPSA) is 15.3 Å². The highest BCUT2D eigenvalue weighted by molar-refractivity contribution is 5.01. The summed E-state index contributed by atoms with van der Waals surface area (Å²) < 4.78 is 37.1. The first kappa shape index (κ1) is 17.1. The maximum absolute atomic E-state index is 12.4. The SMILES string of the molecule is CC(C)CC1CNC2(CCCC2)CN1CCCC(F)(F)F. The third-order valence-corrected chi connectivity index (χ3v) is 4.94. The fraction of sp³-hybridized carbons (Fsp3) is 1.00. The average molecular weight is 306 g/mol. The first-order chi connectivity index (χ1) is 9.80. The maximum Gasteiger partial charge on any atom is 0.389 e. The fourth-order valence-electron chi connectivity index (χ4n) is 3.94. The summed E-state index contributed by atoms with van der Waals surface area (Å²) in [5, 5.41) is 3.72. The number of hydrogen-bond donors (Lipinski definition) is 1. The molecule has 0 aromatic rings. The van der Waals surface area contributed by atoms with Gasteiger partial charge in [0, 0.05) is 31.1 Å². The maximum atomic E-state index is 12.4. The van der Waals surface area contributed by atoms with Crippen molar-refractivity contribution >= 4 is 0 Å². The van der Waals surface area contributed by atoms with Gasteiger partial charge in [0.05, 0.1) is 0 Å². The van der Waals surface area contributed by atoms with Crippen LogP contribution in [0.3, 0.4) is 0 Å². The normalized spacial score (nSPS) is 26.9. The Morgan fingerprint density at radius 3 is 2.48 bits per heavy atom. The standard InChI is InChI=1S/C16H29F3N2/c1-13(2)10-14-11-20-15(6-3-4-7-15)12-21(14)9-5-8-16(17,18)19/h13-14,20H,3-12H2,1-2H3. The summed E-state index contributed by atoms with van der Waals surface area (Å²) >= 11 is 0. The number of rotatable bonds is 5. The van der Waals surface area contributed by atoms with Crippen LogP contribution in [0.1, 0.15) is 58.8 Å². The molecule has 0 radical (unpaired) electrons. The molecule has 2 aliphatic rings. The van der Waals surface area contributed by atoms with Gasteiger partial charge in [-0.05, 0) is 38.1 Å². The lowest BCUT2D eigenvalue weighted by molar-refractivity contribution is -0.136. The summed E-state index contributed by atoms with van der Waals surface area (Å²) in [4.78, 5) is 2.34. The number of hydrogen-bond acceptors (Lipinski definition) is 2. The predicted molar refractivity (Wildman–Crippen MR) is 79.3 cm³/mol. The number of nitrogens with zero attached hydrogens (tertiary/aromatic N) is 1. The molecule has 0 amide bonds. The summed E-state index contributed by atoms with van der Waals surface area (Å²) in [5.74, 6) is 0.583. The molecule has 0 aromatic heterocycles. The molecule has 1 atom stereocenters. The number of alkyl halides is 3. The summed E-state index contributed by atoms with van der Waals surface area (Å²) in [7, 11) is 0. The number of nitrogens with one attached hydrogen (secondary N) is 1. The monoisotopic (exact) mass is 306 g/mol. The van der Waals surface area contributed by atoms with Crippen LogP contribution in [0.2, 0.25) is 0 Å². The van der Waals surface area contributed by atoms with Crippen molar-refractivity contribution in [3.05, 3.63) is 0 Å². The van der Waals surface area contributed by atoms with E-state index in [2.05, 4.69) is 24.1 Å². The van der Waals surface area contributed by atoms with Crippen LogP contribution in [0, 0.1) is 5.92 Å². The lowest BCUT2D eigenvalue weighted by atomic mass is 9.89. The molecule has 124 valence electrons. The summed E-state index contributed by atoms with van der Waals surface area (Å²) in [6, 6.07) is 0.393. The van der Waals surface area contributed by atoms with Gasteiger partial charge in [-0.25, -0.2) is 0 Å². The van der Waals surface area contributed by atoms with Gasteiger partial charge in [-0.3, -0.25) is 4.90 Å². The lowest BCUT2D eigenvalue weighted by Gasteiger charge is -2.47. The van der Waals surface area contributed by atoms with E-state index >= 15 is 0 Å². The molecule has 1 N–H and O–H groups in total. The lowest BCUT2D eigenvalue weighted by Crippen LogP contribution is -2.63. The molecular formula is C16H29F3N2. The van der Waals surface area contributed by atoms with Gasteiger partial charge in [-0.1, -0.05) is 26.7 Å². The van der Waals surface area contributed by atoms with E-state index in [1.165, 1.54) is 25.7 Å². The zero-order valence-corrected chi connectivity index (χ0v) is 13.3. The second kappa shape index (κ2) is 6.86. The van der Waals surface area contributed by atoms with E-state index in [0.717, 1.165) is 19.5 Å². The van der Waals surface area contributed by atoms with E-state index < -0.39 is 12.6 Å². The number of piperazine rings is 1. The highest BCUT2D eigenvalue weighted by Crippen LogP contribution is 2.34. The van der Waals surface area contributed by atoms with Gasteiger partial charge in [0.2, 0.25) is 0 Å². The zero-order valence-electron chi connectivity index (χ0n) is 13.3. The first-order valence-corrected chi connectivity index (χ1v) is 8.35. The molecule has 1 aliphatic carbocycles. The van der Waals surface area contributed by atoms with Crippen molar-refractivity contribution in [2.45, 2.75) is 76.6 Å². The quantitative estimate of drug-likeness (QED) is 0.827. The minimum atomic E-state index is -4.02. The van der Waals surface area contributed by atoms with Crippen molar-refractivity contribution in [1.29, 1.82) is 0 Å². The van der Waals surface area contributed by atoms with Crippen molar-refractivity contribution in [2.24, 2.45) is 5.92 Å². The van der Waals surface area contributed by atoms with Crippen LogP contribution in [0.4, 0.5) is 13.2 Å². The van der Waals surface area contributed by atoms with Gasteiger partial charge < -0.3 is 5.32 Å². The first-order valence-electron chi connectivity index (χ1n) is 8.35. The molecular weight excluding hydrogens is 277 g/mol. The number of halogens is 3. The van der Waals surface area contributed by atoms with Crippen molar-refractivity contribution in [3.63, 3.8) is 0 Å². The molecule has 2 rings (SSSR count). The molecule has 2 nitrogen and oxygen atoms in total. The Hall–Kier alpha value is -0.290. The molecule has 1 saturated heterocycles. The van der Waals surface area contributed by atoms with E-state index in [0.29, 0.717) is 18.5 Å². The molecule has 0 aromatic carbocycles. The van der Waals surface area contributed by atoms with E-state index in [1.807, 2.05) is 0 Å². The van der Waals surface area contributed by atoms with Crippen LogP contribution in [-0.4, -0.2) is 42.3 Å². The highest BCUT2D eigenvalue weighted by atomic mass is 19.4. The summed E-state index contributed by atoms with van der Waals surface area (Å²) in [5.41, 5.74) is 0.186. The molecule has 1 spiro atoms. The molecule has 1 heterocycles. The average Bonchev–Trinajstić information content (AvgIpc) is 2.79. The summed E-state index contributed by atoms with van der Waals surface area (Å²) in [6.07, 6.45) is 1.47. The van der Waals surface area contributed by atoms with Crippen LogP contribution >= 0.6 is 0 Å². The van der Waals surface area contributed by atoms with E-state index in [1.54, 1.807) is 0 Å². The Morgan fingerprint density at radius 2 is 1.90 bits per heavy atom. The van der Waals surface area contributed by atoms with E-state index in [9.17, 15) is 13.2 Å². The Balaban J connectivity index is 1.92. The zero-order chi connectivity index (χ0) is 15.5. The van der Waals surface area contributed by atoms with Crippen molar-refractivity contribution in [3.8, 4) is 0 Å². The fourth-order valence-corrected chi connectivity index (χ4v) is 3.94. The highest BCUT2D eigenvalue weighted by Gasteiger charge is 2.41. The Morgan fingerprint density at radius 1 is 1.24 bits per heavy atom. The van der Waals surface area contributed by atoms with Crippen molar-refractivity contribution in [1.82, 2.24) is 10.2 Å². The van der Waals surface area contributed by atoms with E-state index in [-0.39, 0.29) is 12.0 Å². The van der Waals surface area contributed by atoms with Gasteiger partial charge in [-0.15, -0.1) is 0 Å². The molecule has 1 unspecified atom stereocenters. The third kappa shape index (κ3) is 5.13. The molecule has 21 heavy (non-hydrogen) atoms. The second-order valence-corrected chi connectivity index (χ2v) is 7.34. The molecule has 2 fully saturated rings. The molecule has 0 bridgehead atoms. The van der Waals surface area contributed by atoms with Crippen LogP contribution in [0.15, 0.2) is 0 Å². The van der Waals surface area contributed by atoms with E-state index in [4.69, 9.17) is 0 Å². The summed E-state index contributed by atoms with van der Waals surface area (Å²) in [6.45, 7) is 6.83. The van der Waals surface area contributed by atoms with Gasteiger partial charge in [0.25, 0.3) is 0 Å². The van der Waals surface area contributed by atoms with Crippen LogP contribution in [0.25, 0.3) is 0 Å². The van der Waals surface area contributed by atoms with Crippen LogP contribution in [0.5, 0.6) is 0 Å². The molecule has 1 saturated carbocycles. The van der Waals surface area contributed by atoms with Crippen molar-refractivity contribution in [2.75, 3.05) is 19.6 Å². The van der Waals surface area contributed by atoms with Gasteiger partial charge in [-0.2, -0.15) is 13.2 Å². The van der Waals surface area contributed by atoms with Gasteiger partial charge >= 0.3 is 6.18 Å². The minimum absolute atomic E-state index is 0.186. The Kier molecular flexibility index (Phi) is 5.58. The van der Waals surface area contributed by atoms with Gasteiger partial charge in [0.15, 0.2) is 0 Å². The second-order valence-electron chi connectivity index (χ2n) is 7.34. The Bertz CT molecular complexity index is 322. The van der Waals surface area contributed by atoms with Gasteiger partial charge in [0.1, 0.15) is 0 Å². The third-order valence-electron chi connectivity index (χ3n) is 4.94. The minimum Gasteiger partial charge on any atom is -0.308 e. The largest absolute Gasteiger partial charge is 0.389 e. The van der Waals surface area contributed by atoms with Crippen LogP contribution in [-0.2, 0) is 0 Å². The molecule has 1 aliphatic heterocycles. The molecule has 5 heteroatoms. The van der Waals surface area contributed by atoms with Crippen LogP contribution < -0.4 is 5.32 Å². The van der Waals surface area contributed by atoms with Crippen molar-refractivity contribution < 1.29 is 13.2 Å². The smallest absolute Gasteiger partial charge is 0.308 e.